The minimum Gasteiger partial charge on any atom is -0.378 e. The number of para-hydroxylation sites is 1. The van der Waals surface area contributed by atoms with Crippen molar-refractivity contribution in [3.05, 3.63) is 30.1 Å². The lowest BCUT2D eigenvalue weighted by Crippen LogP contribution is -2.26. The predicted octanol–water partition coefficient (Wildman–Crippen LogP) is 3.04. The first-order valence-electron chi connectivity index (χ1n) is 4.02. The molecule has 1 aromatic carbocycles. The average Bonchev–Trinajstić information content (AvgIpc) is 1.91. The van der Waals surface area contributed by atoms with E-state index in [1.165, 1.54) is 6.07 Å². The molecule has 66 valence electrons. The fourth-order valence-electron chi connectivity index (χ4n) is 0.967. The van der Waals surface area contributed by atoms with E-state index in [1.807, 2.05) is 26.8 Å². The van der Waals surface area contributed by atoms with Crippen LogP contribution in [0, 0.1) is 5.82 Å². The Bertz CT molecular complexity index is 263. The van der Waals surface area contributed by atoms with Crippen LogP contribution in [0.25, 0.3) is 0 Å². The first kappa shape index (κ1) is 9.04. The summed E-state index contributed by atoms with van der Waals surface area (Å²) in [4.78, 5) is 0. The van der Waals surface area contributed by atoms with Crippen LogP contribution in [0.2, 0.25) is 0 Å². The van der Waals surface area contributed by atoms with Crippen molar-refractivity contribution in [3.63, 3.8) is 0 Å². The van der Waals surface area contributed by atoms with E-state index in [1.54, 1.807) is 12.1 Å². The summed E-state index contributed by atoms with van der Waals surface area (Å²) in [7, 11) is 0. The Balaban J connectivity index is 2.83. The molecule has 0 amide bonds. The highest BCUT2D eigenvalue weighted by atomic mass is 19.1. The van der Waals surface area contributed by atoms with Crippen molar-refractivity contribution in [2.75, 3.05) is 5.32 Å². The Kier molecular flexibility index (Phi) is 2.36. The number of rotatable bonds is 1. The Morgan fingerprint density at radius 2 is 1.75 bits per heavy atom. The second kappa shape index (κ2) is 3.13. The topological polar surface area (TPSA) is 12.0 Å². The molecule has 0 atom stereocenters. The quantitative estimate of drug-likeness (QED) is 0.677. The first-order chi connectivity index (χ1) is 5.49. The summed E-state index contributed by atoms with van der Waals surface area (Å²) >= 11 is 0. The van der Waals surface area contributed by atoms with Crippen LogP contribution < -0.4 is 5.32 Å². The molecule has 0 spiro atoms. The van der Waals surface area contributed by atoms with Gasteiger partial charge in [0.15, 0.2) is 0 Å². The van der Waals surface area contributed by atoms with Crippen LogP contribution in [0.15, 0.2) is 24.3 Å². The first-order valence-corrected chi connectivity index (χ1v) is 4.02. The van der Waals surface area contributed by atoms with Crippen molar-refractivity contribution in [3.8, 4) is 0 Å². The molecule has 2 heteroatoms. The molecule has 1 N–H and O–H groups in total. The standard InChI is InChI=1S/C10H14FN/c1-10(2,3)12-9-7-5-4-6-8(9)11/h4-7,12H,1-3H3. The van der Waals surface area contributed by atoms with Gasteiger partial charge in [0.2, 0.25) is 0 Å². The Labute approximate surface area is 72.6 Å². The van der Waals surface area contributed by atoms with Gasteiger partial charge < -0.3 is 5.32 Å². The largest absolute Gasteiger partial charge is 0.378 e. The lowest BCUT2D eigenvalue weighted by atomic mass is 10.1. The van der Waals surface area contributed by atoms with Crippen LogP contribution in [-0.2, 0) is 0 Å². The van der Waals surface area contributed by atoms with Gasteiger partial charge in [-0.2, -0.15) is 0 Å². The fourth-order valence-corrected chi connectivity index (χ4v) is 0.967. The summed E-state index contributed by atoms with van der Waals surface area (Å²) in [5.41, 5.74) is 0.465. The third-order valence-electron chi connectivity index (χ3n) is 1.38. The van der Waals surface area contributed by atoms with Gasteiger partial charge in [0.1, 0.15) is 5.82 Å². The summed E-state index contributed by atoms with van der Waals surface area (Å²) in [6, 6.07) is 6.69. The van der Waals surface area contributed by atoms with Crippen LogP contribution in [0.5, 0.6) is 0 Å². The van der Waals surface area contributed by atoms with Gasteiger partial charge in [0, 0.05) is 5.54 Å². The summed E-state index contributed by atoms with van der Waals surface area (Å²) in [5.74, 6) is -0.201. The van der Waals surface area contributed by atoms with Crippen molar-refractivity contribution in [1.29, 1.82) is 0 Å². The number of hydrogen-bond donors (Lipinski definition) is 1. The van der Waals surface area contributed by atoms with Crippen LogP contribution in [0.4, 0.5) is 10.1 Å². The molecule has 1 rings (SSSR count). The maximum Gasteiger partial charge on any atom is 0.146 e. The van der Waals surface area contributed by atoms with E-state index in [0.717, 1.165) is 0 Å². The molecule has 0 fully saturated rings. The molecular formula is C10H14FN. The van der Waals surface area contributed by atoms with Crippen molar-refractivity contribution < 1.29 is 4.39 Å². The van der Waals surface area contributed by atoms with Crippen molar-refractivity contribution in [2.45, 2.75) is 26.3 Å². The summed E-state index contributed by atoms with van der Waals surface area (Å²) in [5, 5.41) is 3.07. The van der Waals surface area contributed by atoms with Gasteiger partial charge >= 0.3 is 0 Å². The van der Waals surface area contributed by atoms with Crippen molar-refractivity contribution in [1.82, 2.24) is 0 Å². The molecular weight excluding hydrogens is 153 g/mol. The minimum absolute atomic E-state index is 0.0950. The van der Waals surface area contributed by atoms with Gasteiger partial charge in [-0.3, -0.25) is 0 Å². The van der Waals surface area contributed by atoms with Gasteiger partial charge in [-0.05, 0) is 32.9 Å². The lowest BCUT2D eigenvalue weighted by Gasteiger charge is -2.22. The number of halogens is 1. The van der Waals surface area contributed by atoms with E-state index >= 15 is 0 Å². The SMILES string of the molecule is CC(C)(C)Nc1ccccc1F. The zero-order chi connectivity index (χ0) is 9.19. The molecule has 0 saturated carbocycles. The summed E-state index contributed by atoms with van der Waals surface area (Å²) < 4.78 is 13.1. The van der Waals surface area contributed by atoms with E-state index in [4.69, 9.17) is 0 Å². The molecule has 0 aliphatic carbocycles. The molecule has 0 unspecified atom stereocenters. The summed E-state index contributed by atoms with van der Waals surface area (Å²) in [6.07, 6.45) is 0. The smallest absolute Gasteiger partial charge is 0.146 e. The predicted molar refractivity (Wildman–Crippen MR) is 49.8 cm³/mol. The van der Waals surface area contributed by atoms with Crippen LogP contribution in [-0.4, -0.2) is 5.54 Å². The van der Waals surface area contributed by atoms with Crippen LogP contribution >= 0.6 is 0 Å². The minimum atomic E-state index is -0.201. The van der Waals surface area contributed by atoms with E-state index in [0.29, 0.717) is 5.69 Å². The van der Waals surface area contributed by atoms with E-state index in [-0.39, 0.29) is 11.4 Å². The van der Waals surface area contributed by atoms with Gasteiger partial charge in [0.05, 0.1) is 5.69 Å². The molecule has 1 aromatic rings. The van der Waals surface area contributed by atoms with E-state index in [2.05, 4.69) is 5.32 Å². The van der Waals surface area contributed by atoms with Crippen molar-refractivity contribution >= 4 is 5.69 Å². The molecule has 0 saturated heterocycles. The molecule has 0 bridgehead atoms. The number of nitrogens with one attached hydrogen (secondary N) is 1. The molecule has 0 aromatic heterocycles. The molecule has 0 aliphatic rings. The molecule has 1 nitrogen and oxygen atoms in total. The maximum absolute atomic E-state index is 13.1. The molecule has 12 heavy (non-hydrogen) atoms. The van der Waals surface area contributed by atoms with Gasteiger partial charge in [0.25, 0.3) is 0 Å². The third-order valence-corrected chi connectivity index (χ3v) is 1.38. The fraction of sp³-hybridized carbons (Fsp3) is 0.400. The highest BCUT2D eigenvalue weighted by Gasteiger charge is 2.10. The normalized spacial score (nSPS) is 11.3. The maximum atomic E-state index is 13.1. The lowest BCUT2D eigenvalue weighted by molar-refractivity contribution is 0.598. The molecule has 0 aliphatic heterocycles. The van der Waals surface area contributed by atoms with Gasteiger partial charge in [-0.25, -0.2) is 4.39 Å². The zero-order valence-electron chi connectivity index (χ0n) is 7.69. The average molecular weight is 167 g/mol. The molecule has 0 radical (unpaired) electrons. The monoisotopic (exact) mass is 167 g/mol. The Hall–Kier alpha value is -1.05. The van der Waals surface area contributed by atoms with E-state index < -0.39 is 0 Å². The zero-order valence-corrected chi connectivity index (χ0v) is 7.69. The van der Waals surface area contributed by atoms with Gasteiger partial charge in [-0.1, -0.05) is 12.1 Å². The third kappa shape index (κ3) is 2.53. The van der Waals surface area contributed by atoms with Crippen molar-refractivity contribution in [2.24, 2.45) is 0 Å². The Morgan fingerprint density at radius 1 is 1.17 bits per heavy atom. The number of anilines is 1. The Morgan fingerprint density at radius 3 is 2.25 bits per heavy atom. The molecule has 0 heterocycles. The van der Waals surface area contributed by atoms with E-state index in [9.17, 15) is 4.39 Å². The second-order valence-corrected chi connectivity index (χ2v) is 3.85. The highest BCUT2D eigenvalue weighted by Crippen LogP contribution is 2.17. The van der Waals surface area contributed by atoms with Crippen LogP contribution in [0.1, 0.15) is 20.8 Å². The second-order valence-electron chi connectivity index (χ2n) is 3.85. The van der Waals surface area contributed by atoms with Crippen LogP contribution in [0.3, 0.4) is 0 Å². The number of hydrogen-bond acceptors (Lipinski definition) is 1. The van der Waals surface area contributed by atoms with Gasteiger partial charge in [-0.15, -0.1) is 0 Å². The highest BCUT2D eigenvalue weighted by molar-refractivity contribution is 5.46. The summed E-state index contributed by atoms with van der Waals surface area (Å²) in [6.45, 7) is 6.00. The number of benzene rings is 1.